The predicted molar refractivity (Wildman–Crippen MR) is 38.8 cm³/mol. The number of hydrazine groups is 1. The van der Waals surface area contributed by atoms with Gasteiger partial charge in [-0.25, -0.2) is 10.4 Å². The average molecular weight is 215 g/mol. The van der Waals surface area contributed by atoms with E-state index in [1.54, 1.807) is 0 Å². The number of hydrogen-bond acceptors (Lipinski definition) is 3. The van der Waals surface area contributed by atoms with Crippen molar-refractivity contribution in [2.24, 2.45) is 5.73 Å². The molecule has 0 rings (SSSR count). The highest BCUT2D eigenvalue weighted by molar-refractivity contribution is 14.1. The fraction of sp³-hybridized carbons (Fsp3) is 1.00. The summed E-state index contributed by atoms with van der Waals surface area (Å²) in [6, 6.07) is 0. The first-order chi connectivity index (χ1) is 3.31. The maximum atomic E-state index is 5.15. The van der Waals surface area contributed by atoms with E-state index in [0.717, 1.165) is 4.55 Å². The van der Waals surface area contributed by atoms with Crippen LogP contribution in [0.3, 0.4) is 0 Å². The highest BCUT2D eigenvalue weighted by Crippen LogP contribution is 1.80. The monoisotopic (exact) mass is 215 g/mol. The van der Waals surface area contributed by atoms with E-state index in [-0.39, 0.29) is 0 Å². The normalized spacial score (nSPS) is 10.3. The number of alkyl halides is 1. The molecule has 0 amide bonds. The van der Waals surface area contributed by atoms with Crippen molar-refractivity contribution in [3.8, 4) is 0 Å². The molecule has 0 atom stereocenters. The van der Waals surface area contributed by atoms with Crippen LogP contribution in [0.1, 0.15) is 0 Å². The molecule has 0 fully saturated rings. The van der Waals surface area contributed by atoms with Crippen LogP contribution in [-0.2, 0) is 0 Å². The summed E-state index contributed by atoms with van der Waals surface area (Å²) in [5.41, 5.74) is 8.05. The van der Waals surface area contributed by atoms with Gasteiger partial charge in [-0.2, -0.15) is 0 Å². The Kier molecular flexibility index (Phi) is 5.18. The number of nitrogens with one attached hydrogen (secondary N) is 1. The topological polar surface area (TPSA) is 41.3 Å². The van der Waals surface area contributed by atoms with Crippen LogP contribution in [0.2, 0.25) is 0 Å². The van der Waals surface area contributed by atoms with Gasteiger partial charge < -0.3 is 5.73 Å². The molecule has 0 unspecified atom stereocenters. The molecule has 0 heterocycles. The largest absolute Gasteiger partial charge is 0.317 e. The van der Waals surface area contributed by atoms with Gasteiger partial charge in [0.05, 0.1) is 11.2 Å². The molecule has 0 saturated heterocycles. The SMILES string of the molecule is CN(CI)NCN. The molecular formula is C3H10IN3. The van der Waals surface area contributed by atoms with Crippen LogP contribution in [0.5, 0.6) is 0 Å². The first-order valence-corrected chi connectivity index (χ1v) is 3.54. The van der Waals surface area contributed by atoms with Gasteiger partial charge in [-0.1, -0.05) is 22.6 Å². The van der Waals surface area contributed by atoms with Gasteiger partial charge in [0.15, 0.2) is 0 Å². The molecule has 0 radical (unpaired) electrons. The van der Waals surface area contributed by atoms with Crippen molar-refractivity contribution in [1.82, 2.24) is 10.4 Å². The second-order valence-electron chi connectivity index (χ2n) is 1.18. The van der Waals surface area contributed by atoms with Crippen molar-refractivity contribution in [2.45, 2.75) is 0 Å². The molecule has 3 N–H and O–H groups in total. The van der Waals surface area contributed by atoms with Gasteiger partial charge in [-0.05, 0) is 0 Å². The van der Waals surface area contributed by atoms with Crippen LogP contribution in [0, 0.1) is 0 Å². The first kappa shape index (κ1) is 7.61. The van der Waals surface area contributed by atoms with Gasteiger partial charge in [0, 0.05) is 7.05 Å². The lowest BCUT2D eigenvalue weighted by atomic mass is 11.1. The second kappa shape index (κ2) is 4.76. The third kappa shape index (κ3) is 4.46. The summed E-state index contributed by atoms with van der Waals surface area (Å²) in [5.74, 6) is 0. The lowest BCUT2D eigenvalue weighted by Gasteiger charge is -2.11. The number of hydrogen-bond donors (Lipinski definition) is 2. The van der Waals surface area contributed by atoms with Crippen molar-refractivity contribution >= 4 is 22.6 Å². The predicted octanol–water partition coefficient (Wildman–Crippen LogP) is -0.269. The zero-order valence-corrected chi connectivity index (χ0v) is 6.47. The number of halogens is 1. The second-order valence-corrected chi connectivity index (χ2v) is 1.86. The molecule has 7 heavy (non-hydrogen) atoms. The summed E-state index contributed by atoms with van der Waals surface area (Å²) < 4.78 is 0.953. The maximum Gasteiger partial charge on any atom is 0.0646 e. The molecule has 0 aliphatic heterocycles. The Balaban J connectivity index is 2.83. The van der Waals surface area contributed by atoms with E-state index in [4.69, 9.17) is 5.73 Å². The van der Waals surface area contributed by atoms with Crippen molar-refractivity contribution in [1.29, 1.82) is 0 Å². The minimum atomic E-state index is 0.513. The van der Waals surface area contributed by atoms with E-state index in [9.17, 15) is 0 Å². The molecule has 0 aliphatic carbocycles. The number of nitrogens with two attached hydrogens (primary N) is 1. The summed E-state index contributed by atoms with van der Waals surface area (Å²) in [4.78, 5) is 0. The highest BCUT2D eigenvalue weighted by Gasteiger charge is 1.85. The molecule has 0 aromatic heterocycles. The van der Waals surface area contributed by atoms with Gasteiger partial charge >= 0.3 is 0 Å². The van der Waals surface area contributed by atoms with E-state index < -0.39 is 0 Å². The van der Waals surface area contributed by atoms with Crippen LogP contribution in [-0.4, -0.2) is 23.3 Å². The first-order valence-electron chi connectivity index (χ1n) is 2.02. The third-order valence-electron chi connectivity index (χ3n) is 0.540. The Bertz CT molecular complexity index is 41.2. The molecule has 0 aromatic rings. The van der Waals surface area contributed by atoms with Gasteiger partial charge in [-0.15, -0.1) is 0 Å². The van der Waals surface area contributed by atoms with E-state index in [2.05, 4.69) is 28.0 Å². The van der Waals surface area contributed by atoms with Crippen LogP contribution in [0.15, 0.2) is 0 Å². The third-order valence-corrected chi connectivity index (χ3v) is 1.56. The Morgan fingerprint density at radius 2 is 2.43 bits per heavy atom. The van der Waals surface area contributed by atoms with Gasteiger partial charge in [-0.3, -0.25) is 0 Å². The van der Waals surface area contributed by atoms with E-state index in [1.807, 2.05) is 12.1 Å². The quantitative estimate of drug-likeness (QED) is 0.224. The van der Waals surface area contributed by atoms with E-state index in [1.165, 1.54) is 0 Å². The Labute approximate surface area is 57.4 Å². The fourth-order valence-electron chi connectivity index (χ4n) is 0.198. The average Bonchev–Trinajstić information content (AvgIpc) is 1.68. The lowest BCUT2D eigenvalue weighted by Crippen LogP contribution is -2.37. The summed E-state index contributed by atoms with van der Waals surface area (Å²) in [6.45, 7) is 0.513. The van der Waals surface area contributed by atoms with Crippen LogP contribution < -0.4 is 11.2 Å². The molecule has 0 aliphatic rings. The van der Waals surface area contributed by atoms with Gasteiger partial charge in [0.2, 0.25) is 0 Å². The molecule has 4 heteroatoms. The number of nitrogens with zero attached hydrogens (tertiary/aromatic N) is 1. The Morgan fingerprint density at radius 1 is 1.86 bits per heavy atom. The minimum Gasteiger partial charge on any atom is -0.317 e. The zero-order chi connectivity index (χ0) is 5.70. The molecule has 0 aromatic carbocycles. The summed E-state index contributed by atoms with van der Waals surface area (Å²) >= 11 is 2.24. The maximum absolute atomic E-state index is 5.15. The summed E-state index contributed by atoms with van der Waals surface area (Å²) in [7, 11) is 1.94. The zero-order valence-electron chi connectivity index (χ0n) is 4.32. The number of rotatable bonds is 3. The molecule has 0 spiro atoms. The highest BCUT2D eigenvalue weighted by atomic mass is 127. The Morgan fingerprint density at radius 3 is 2.57 bits per heavy atom. The molecule has 0 bridgehead atoms. The smallest absolute Gasteiger partial charge is 0.0646 e. The lowest BCUT2D eigenvalue weighted by molar-refractivity contribution is 0.289. The molecular weight excluding hydrogens is 205 g/mol. The molecule has 44 valence electrons. The van der Waals surface area contributed by atoms with E-state index >= 15 is 0 Å². The van der Waals surface area contributed by atoms with Crippen molar-refractivity contribution in [3.63, 3.8) is 0 Å². The molecule has 3 nitrogen and oxygen atoms in total. The van der Waals surface area contributed by atoms with Gasteiger partial charge in [0.1, 0.15) is 0 Å². The minimum absolute atomic E-state index is 0.513. The van der Waals surface area contributed by atoms with Crippen LogP contribution in [0.4, 0.5) is 0 Å². The van der Waals surface area contributed by atoms with Gasteiger partial charge in [0.25, 0.3) is 0 Å². The van der Waals surface area contributed by atoms with Crippen molar-refractivity contribution < 1.29 is 0 Å². The standard InChI is InChI=1S/C3H10IN3/c1-7(2-4)6-3-5/h6H,2-3,5H2,1H3. The fourth-order valence-corrected chi connectivity index (χ4v) is 0.439. The Hall–Kier alpha value is 0.610. The molecule has 0 saturated carbocycles. The van der Waals surface area contributed by atoms with E-state index in [0.29, 0.717) is 6.67 Å². The summed E-state index contributed by atoms with van der Waals surface area (Å²) in [5, 5.41) is 1.92. The van der Waals surface area contributed by atoms with Crippen molar-refractivity contribution in [2.75, 3.05) is 18.3 Å². The van der Waals surface area contributed by atoms with Crippen LogP contribution in [0.25, 0.3) is 0 Å². The summed E-state index contributed by atoms with van der Waals surface area (Å²) in [6.07, 6.45) is 0. The van der Waals surface area contributed by atoms with Crippen molar-refractivity contribution in [3.05, 3.63) is 0 Å². The van der Waals surface area contributed by atoms with Crippen LogP contribution >= 0.6 is 22.6 Å².